The first-order valence-corrected chi connectivity index (χ1v) is 14.4. The van der Waals surface area contributed by atoms with E-state index in [1.165, 1.54) is 76.8 Å². The van der Waals surface area contributed by atoms with Crippen LogP contribution in [0.5, 0.6) is 0 Å². The molecule has 1 nitrogen and oxygen atoms in total. The smallest absolute Gasteiger partial charge is 0.0347 e. The first-order valence-electron chi connectivity index (χ1n) is 14.4. The van der Waals surface area contributed by atoms with Gasteiger partial charge in [0.2, 0.25) is 0 Å². The van der Waals surface area contributed by atoms with Crippen LogP contribution in [0.2, 0.25) is 0 Å². The van der Waals surface area contributed by atoms with Gasteiger partial charge in [-0.05, 0) is 101 Å². The molecule has 8 aromatic rings. The molecule has 0 unspecified atom stereocenters. The lowest BCUT2D eigenvalue weighted by atomic mass is 9.93. The monoisotopic (exact) mass is 531 g/mol. The molecule has 0 N–H and O–H groups in total. The van der Waals surface area contributed by atoms with E-state index < -0.39 is 0 Å². The largest absolute Gasteiger partial charge is 0.263 e. The zero-order valence-corrected chi connectivity index (χ0v) is 22.9. The van der Waals surface area contributed by atoms with Gasteiger partial charge in [-0.3, -0.25) is 4.98 Å². The molecule has 0 radical (unpaired) electrons. The van der Waals surface area contributed by atoms with E-state index in [0.29, 0.717) is 0 Å². The summed E-state index contributed by atoms with van der Waals surface area (Å²) in [6.45, 7) is 0. The summed E-state index contributed by atoms with van der Waals surface area (Å²) in [6, 6.07) is 51.0. The minimum Gasteiger partial charge on any atom is -0.263 e. The van der Waals surface area contributed by atoms with Gasteiger partial charge in [0.1, 0.15) is 0 Å². The maximum absolute atomic E-state index is 4.70. The third-order valence-corrected chi connectivity index (χ3v) is 8.85. The summed E-state index contributed by atoms with van der Waals surface area (Å²) < 4.78 is 0. The molecule has 1 aliphatic rings. The van der Waals surface area contributed by atoms with Gasteiger partial charge >= 0.3 is 0 Å². The molecule has 0 fully saturated rings. The number of hydrogen-bond acceptors (Lipinski definition) is 1. The molecule has 0 saturated heterocycles. The Morgan fingerprint density at radius 2 is 0.833 bits per heavy atom. The number of rotatable bonds is 3. The van der Waals surface area contributed by atoms with E-state index in [2.05, 4.69) is 140 Å². The molecular weight excluding hydrogens is 506 g/mol. The van der Waals surface area contributed by atoms with Crippen molar-refractivity contribution in [3.63, 3.8) is 0 Å². The van der Waals surface area contributed by atoms with Crippen LogP contribution in [0.15, 0.2) is 152 Å². The second-order valence-corrected chi connectivity index (χ2v) is 11.2. The molecular formula is C41H25N. The SMILES string of the molecule is c1ccc2c(c1)-c1cccc3c(-c4cncc(-c5ccc6cc(-c7ccc8ccccc8c7)ccc6c5)c4)ccc-2c13. The molecule has 0 saturated carbocycles. The highest BCUT2D eigenvalue weighted by Crippen LogP contribution is 2.49. The second kappa shape index (κ2) is 8.99. The van der Waals surface area contributed by atoms with Gasteiger partial charge in [-0.2, -0.15) is 0 Å². The summed E-state index contributed by atoms with van der Waals surface area (Å²) in [5.74, 6) is 0. The van der Waals surface area contributed by atoms with Crippen molar-refractivity contribution in [2.24, 2.45) is 0 Å². The predicted molar refractivity (Wildman–Crippen MR) is 177 cm³/mol. The van der Waals surface area contributed by atoms with E-state index in [4.69, 9.17) is 4.98 Å². The standard InChI is InChI=1S/C41H25N/c1-2-7-27-20-28(13-12-26(27)6-1)29-14-15-31-22-32(17-16-30(31)21-29)33-23-34(25-42-24-33)35-18-19-40-37-9-4-3-8-36(37)39-11-5-10-38(35)41(39)40/h1-25H. The number of hydrogen-bond donors (Lipinski definition) is 0. The van der Waals surface area contributed by atoms with Crippen LogP contribution in [0.3, 0.4) is 0 Å². The summed E-state index contributed by atoms with van der Waals surface area (Å²) in [4.78, 5) is 4.70. The second-order valence-electron chi connectivity index (χ2n) is 11.2. The van der Waals surface area contributed by atoms with Crippen LogP contribution in [-0.4, -0.2) is 4.98 Å². The quantitative estimate of drug-likeness (QED) is 0.221. The van der Waals surface area contributed by atoms with Crippen LogP contribution in [0.4, 0.5) is 0 Å². The average molecular weight is 532 g/mol. The van der Waals surface area contributed by atoms with Crippen molar-refractivity contribution in [1.82, 2.24) is 4.98 Å². The molecule has 0 bridgehead atoms. The van der Waals surface area contributed by atoms with Gasteiger partial charge in [0.05, 0.1) is 0 Å². The number of benzene rings is 7. The van der Waals surface area contributed by atoms with Crippen molar-refractivity contribution >= 4 is 32.3 Å². The Labute approximate surface area is 244 Å². The van der Waals surface area contributed by atoms with E-state index in [1.54, 1.807) is 0 Å². The zero-order chi connectivity index (χ0) is 27.6. The normalized spacial score (nSPS) is 11.8. The van der Waals surface area contributed by atoms with E-state index in [-0.39, 0.29) is 0 Å². The maximum atomic E-state index is 4.70. The van der Waals surface area contributed by atoms with Crippen LogP contribution < -0.4 is 0 Å². The number of pyridine rings is 1. The van der Waals surface area contributed by atoms with Crippen LogP contribution in [0.25, 0.3) is 88.0 Å². The zero-order valence-electron chi connectivity index (χ0n) is 22.9. The van der Waals surface area contributed by atoms with Gasteiger partial charge in [-0.15, -0.1) is 0 Å². The summed E-state index contributed by atoms with van der Waals surface area (Å²) >= 11 is 0. The Balaban J connectivity index is 1.10. The molecule has 0 aliphatic heterocycles. The Hall–Kier alpha value is -5.53. The minimum atomic E-state index is 1.12. The summed E-state index contributed by atoms with van der Waals surface area (Å²) in [6.07, 6.45) is 3.97. The molecule has 1 aliphatic carbocycles. The van der Waals surface area contributed by atoms with E-state index in [0.717, 1.165) is 11.1 Å². The van der Waals surface area contributed by atoms with Crippen molar-refractivity contribution in [3.8, 4) is 55.6 Å². The first kappa shape index (κ1) is 23.2. The fraction of sp³-hybridized carbons (Fsp3) is 0. The van der Waals surface area contributed by atoms with Crippen LogP contribution in [0.1, 0.15) is 0 Å². The summed E-state index contributed by atoms with van der Waals surface area (Å²) in [5.41, 5.74) is 12.4. The molecule has 194 valence electrons. The van der Waals surface area contributed by atoms with Crippen molar-refractivity contribution in [2.45, 2.75) is 0 Å². The molecule has 0 amide bonds. The Bertz CT molecular complexity index is 2330. The van der Waals surface area contributed by atoms with Gasteiger partial charge in [0.25, 0.3) is 0 Å². The van der Waals surface area contributed by atoms with Crippen LogP contribution in [-0.2, 0) is 0 Å². The molecule has 0 atom stereocenters. The Morgan fingerprint density at radius 1 is 0.310 bits per heavy atom. The maximum Gasteiger partial charge on any atom is 0.0347 e. The molecule has 1 heterocycles. The fourth-order valence-electron chi connectivity index (χ4n) is 6.78. The van der Waals surface area contributed by atoms with Gasteiger partial charge in [-0.1, -0.05) is 115 Å². The van der Waals surface area contributed by atoms with E-state index in [1.807, 2.05) is 12.4 Å². The molecule has 0 spiro atoms. The van der Waals surface area contributed by atoms with Crippen molar-refractivity contribution < 1.29 is 0 Å². The summed E-state index contributed by atoms with van der Waals surface area (Å²) in [7, 11) is 0. The van der Waals surface area contributed by atoms with E-state index in [9.17, 15) is 0 Å². The minimum absolute atomic E-state index is 1.12. The molecule has 9 rings (SSSR count). The molecule has 1 heteroatoms. The van der Waals surface area contributed by atoms with Crippen LogP contribution in [0, 0.1) is 0 Å². The van der Waals surface area contributed by atoms with Crippen molar-refractivity contribution in [3.05, 3.63) is 152 Å². The lowest BCUT2D eigenvalue weighted by molar-refractivity contribution is 1.33. The number of fused-ring (bicyclic) bond motifs is 5. The molecule has 42 heavy (non-hydrogen) atoms. The highest BCUT2D eigenvalue weighted by atomic mass is 14.6. The number of aromatic nitrogens is 1. The lowest BCUT2D eigenvalue weighted by Gasteiger charge is -2.11. The third-order valence-electron chi connectivity index (χ3n) is 8.85. The number of nitrogens with zero attached hydrogens (tertiary/aromatic N) is 1. The molecule has 1 aromatic heterocycles. The lowest BCUT2D eigenvalue weighted by Crippen LogP contribution is -1.87. The Kier molecular flexibility index (Phi) is 4.97. The summed E-state index contributed by atoms with van der Waals surface area (Å²) in [5, 5.41) is 7.62. The van der Waals surface area contributed by atoms with Crippen molar-refractivity contribution in [2.75, 3.05) is 0 Å². The topological polar surface area (TPSA) is 12.9 Å². The van der Waals surface area contributed by atoms with Crippen molar-refractivity contribution in [1.29, 1.82) is 0 Å². The van der Waals surface area contributed by atoms with Gasteiger partial charge in [0.15, 0.2) is 0 Å². The van der Waals surface area contributed by atoms with Crippen LogP contribution >= 0.6 is 0 Å². The average Bonchev–Trinajstić information content (AvgIpc) is 3.39. The first-order chi connectivity index (χ1) is 20.8. The third kappa shape index (κ3) is 3.54. The molecule has 7 aromatic carbocycles. The highest BCUT2D eigenvalue weighted by Gasteiger charge is 2.22. The fourth-order valence-corrected chi connectivity index (χ4v) is 6.78. The highest BCUT2D eigenvalue weighted by molar-refractivity contribution is 6.18. The van der Waals surface area contributed by atoms with Gasteiger partial charge in [-0.25, -0.2) is 0 Å². The van der Waals surface area contributed by atoms with Gasteiger partial charge < -0.3 is 0 Å². The van der Waals surface area contributed by atoms with E-state index >= 15 is 0 Å². The Morgan fingerprint density at radius 3 is 1.57 bits per heavy atom. The van der Waals surface area contributed by atoms with Gasteiger partial charge in [0, 0.05) is 23.5 Å². The predicted octanol–water partition coefficient (Wildman–Crippen LogP) is 11.2.